The van der Waals surface area contributed by atoms with E-state index < -0.39 is 16.2 Å². The maximum atomic E-state index is 12.2. The van der Waals surface area contributed by atoms with Crippen LogP contribution in [0.1, 0.15) is 34.6 Å². The van der Waals surface area contributed by atoms with Crippen LogP contribution in [0.4, 0.5) is 0 Å². The van der Waals surface area contributed by atoms with Crippen LogP contribution in [0.25, 0.3) is 0 Å². The Morgan fingerprint density at radius 3 is 1.58 bits per heavy atom. The van der Waals surface area contributed by atoms with E-state index >= 15 is 0 Å². The summed E-state index contributed by atoms with van der Waals surface area (Å²) in [7, 11) is -5.14. The summed E-state index contributed by atoms with van der Waals surface area (Å²) in [6, 6.07) is 0.548. The van der Waals surface area contributed by atoms with E-state index in [-0.39, 0.29) is 0 Å². The molecule has 0 radical (unpaired) electrons. The van der Waals surface area contributed by atoms with Gasteiger partial charge in [-0.05, 0) is 20.8 Å². The van der Waals surface area contributed by atoms with Crippen molar-refractivity contribution in [1.29, 1.82) is 0 Å². The van der Waals surface area contributed by atoms with E-state index in [1.54, 1.807) is 0 Å². The van der Waals surface area contributed by atoms with E-state index in [0.717, 1.165) is 0 Å². The first-order valence-corrected chi connectivity index (χ1v) is 11.1. The highest BCUT2D eigenvalue weighted by Gasteiger charge is 2.40. The second-order valence-electron chi connectivity index (χ2n) is 4.01. The Kier molecular flexibility index (Phi) is 10.2. The summed E-state index contributed by atoms with van der Waals surface area (Å²) in [6.45, 7) is 11.6. The van der Waals surface area contributed by atoms with Gasteiger partial charge in [0.15, 0.2) is 0 Å². The molecule has 0 unspecified atom stereocenters. The molecule has 0 amide bonds. The smallest absolute Gasteiger partial charge is 0.374 e. The highest BCUT2D eigenvalue weighted by atomic mass is 31.2. The van der Waals surface area contributed by atoms with Crippen molar-refractivity contribution in [2.75, 3.05) is 38.8 Å². The highest BCUT2D eigenvalue weighted by Crippen LogP contribution is 2.46. The van der Waals surface area contributed by atoms with E-state index in [1.807, 2.05) is 34.6 Å². The zero-order valence-electron chi connectivity index (χ0n) is 12.9. The van der Waals surface area contributed by atoms with E-state index in [1.165, 1.54) is 0 Å². The van der Waals surface area contributed by atoms with Gasteiger partial charge in [0, 0.05) is 38.2 Å². The van der Waals surface area contributed by atoms with E-state index in [4.69, 9.17) is 17.8 Å². The predicted octanol–water partition coefficient (Wildman–Crippen LogP) is 3.37. The summed E-state index contributed by atoms with van der Waals surface area (Å²) in [6.07, 6.45) is 1.13. The molecule has 0 aliphatic heterocycles. The Balaban J connectivity index is 4.51. The van der Waals surface area contributed by atoms with Gasteiger partial charge in [-0.25, -0.2) is 0 Å². The molecule has 19 heavy (non-hydrogen) atoms. The molecule has 0 spiro atoms. The summed E-state index contributed by atoms with van der Waals surface area (Å²) in [4.78, 5) is 0. The fourth-order valence-corrected chi connectivity index (χ4v) is 5.51. The van der Waals surface area contributed by atoms with Crippen LogP contribution in [-0.2, 0) is 22.4 Å². The monoisotopic (exact) mass is 312 g/mol. The van der Waals surface area contributed by atoms with Crippen molar-refractivity contribution < 1.29 is 22.4 Å². The molecule has 0 aromatic heterocycles. The molecular formula is C12H29O5PSi. The number of hydrogen-bond donors (Lipinski definition) is 0. The topological polar surface area (TPSA) is 54.0 Å². The normalized spacial score (nSPS) is 12.9. The van der Waals surface area contributed by atoms with Crippen LogP contribution in [-0.4, -0.2) is 47.6 Å². The summed E-state index contributed by atoms with van der Waals surface area (Å²) in [5.74, 6) is 0. The van der Waals surface area contributed by atoms with Gasteiger partial charge in [-0.15, -0.1) is 0 Å². The summed E-state index contributed by atoms with van der Waals surface area (Å²) < 4.78 is 34.9. The Labute approximate surface area is 118 Å². The van der Waals surface area contributed by atoms with Crippen molar-refractivity contribution in [1.82, 2.24) is 0 Å². The Morgan fingerprint density at radius 1 is 0.842 bits per heavy atom. The van der Waals surface area contributed by atoms with Gasteiger partial charge < -0.3 is 17.8 Å². The third kappa shape index (κ3) is 7.02. The number of rotatable bonds is 12. The minimum Gasteiger partial charge on any atom is -0.374 e. The molecule has 0 aliphatic carbocycles. The average Bonchev–Trinajstić information content (AvgIpc) is 2.39. The van der Waals surface area contributed by atoms with Crippen LogP contribution in [0.3, 0.4) is 0 Å². The molecule has 0 saturated heterocycles. The van der Waals surface area contributed by atoms with Crippen LogP contribution >= 0.6 is 7.37 Å². The van der Waals surface area contributed by atoms with Gasteiger partial charge in [-0.2, -0.15) is 0 Å². The Morgan fingerprint density at radius 2 is 1.26 bits per heavy atom. The minimum absolute atomic E-state index is 0.366. The lowest BCUT2D eigenvalue weighted by atomic mass is 10.9. The second kappa shape index (κ2) is 10.1. The van der Waals surface area contributed by atoms with Gasteiger partial charge >= 0.3 is 8.80 Å². The van der Waals surface area contributed by atoms with Crippen molar-refractivity contribution in [2.45, 2.75) is 40.7 Å². The molecule has 0 aliphatic rings. The molecule has 0 N–H and O–H groups in total. The lowest BCUT2D eigenvalue weighted by Crippen LogP contribution is -2.46. The second-order valence-corrected chi connectivity index (χ2v) is 9.90. The first-order valence-electron chi connectivity index (χ1n) is 7.15. The van der Waals surface area contributed by atoms with Gasteiger partial charge in [-0.1, -0.05) is 13.8 Å². The Hall–Kier alpha value is 0.287. The van der Waals surface area contributed by atoms with Crippen LogP contribution in [0.2, 0.25) is 6.04 Å². The first-order chi connectivity index (χ1) is 9.01. The molecule has 0 bridgehead atoms. The minimum atomic E-state index is -2.67. The fourth-order valence-electron chi connectivity index (χ4n) is 1.74. The van der Waals surface area contributed by atoms with E-state index in [0.29, 0.717) is 44.8 Å². The molecule has 0 fully saturated rings. The molecule has 0 atom stereocenters. The third-order valence-corrected chi connectivity index (χ3v) is 8.37. The van der Waals surface area contributed by atoms with Crippen molar-refractivity contribution in [3.8, 4) is 0 Å². The summed E-state index contributed by atoms with van der Waals surface area (Å²) >= 11 is 0. The van der Waals surface area contributed by atoms with E-state index in [9.17, 15) is 4.57 Å². The van der Waals surface area contributed by atoms with Gasteiger partial charge in [-0.3, -0.25) is 4.57 Å². The quantitative estimate of drug-likeness (QED) is 0.408. The molecule has 0 saturated carbocycles. The van der Waals surface area contributed by atoms with Crippen molar-refractivity contribution in [3.05, 3.63) is 0 Å². The number of hydrogen-bond acceptors (Lipinski definition) is 5. The van der Waals surface area contributed by atoms with Crippen LogP contribution < -0.4 is 0 Å². The SMILES string of the molecule is CCO[Si](CCOP(=O)(CC)CC)(OCC)OCC. The standard InChI is InChI=1S/C12H29O5PSi/c1-6-15-19(16-7-2,17-8-3)12-11-14-18(13,9-4)10-5/h6-12H2,1-5H3. The first kappa shape index (κ1) is 19.3. The van der Waals surface area contributed by atoms with Gasteiger partial charge in [0.2, 0.25) is 7.37 Å². The van der Waals surface area contributed by atoms with Crippen LogP contribution in [0, 0.1) is 0 Å². The summed E-state index contributed by atoms with van der Waals surface area (Å²) in [5, 5.41) is 0. The van der Waals surface area contributed by atoms with Gasteiger partial charge in [0.25, 0.3) is 0 Å². The molecule has 7 heteroatoms. The molecule has 0 aromatic carbocycles. The van der Waals surface area contributed by atoms with Crippen molar-refractivity contribution in [2.24, 2.45) is 0 Å². The van der Waals surface area contributed by atoms with Crippen molar-refractivity contribution >= 4 is 16.2 Å². The molecule has 0 rings (SSSR count). The van der Waals surface area contributed by atoms with Crippen LogP contribution in [0.15, 0.2) is 0 Å². The van der Waals surface area contributed by atoms with Gasteiger partial charge in [0.05, 0.1) is 6.61 Å². The van der Waals surface area contributed by atoms with Crippen molar-refractivity contribution in [3.63, 3.8) is 0 Å². The maximum Gasteiger partial charge on any atom is 0.503 e. The fraction of sp³-hybridized carbons (Fsp3) is 1.00. The highest BCUT2D eigenvalue weighted by molar-refractivity contribution is 7.58. The van der Waals surface area contributed by atoms with Crippen LogP contribution in [0.5, 0.6) is 0 Å². The maximum absolute atomic E-state index is 12.2. The average molecular weight is 312 g/mol. The zero-order valence-corrected chi connectivity index (χ0v) is 14.8. The largest absolute Gasteiger partial charge is 0.503 e. The Bertz CT molecular complexity index is 250. The zero-order chi connectivity index (χ0) is 14.8. The molecule has 116 valence electrons. The predicted molar refractivity (Wildman–Crippen MR) is 80.1 cm³/mol. The molecule has 0 heterocycles. The lowest BCUT2D eigenvalue weighted by molar-refractivity contribution is 0.0677. The third-order valence-electron chi connectivity index (χ3n) is 2.79. The molecule has 0 aromatic rings. The lowest BCUT2D eigenvalue weighted by Gasteiger charge is -2.28. The molecular weight excluding hydrogens is 283 g/mol. The van der Waals surface area contributed by atoms with Gasteiger partial charge in [0.1, 0.15) is 0 Å². The van der Waals surface area contributed by atoms with E-state index in [2.05, 4.69) is 0 Å². The summed E-state index contributed by atoms with van der Waals surface area (Å²) in [5.41, 5.74) is 0. The molecule has 5 nitrogen and oxygen atoms in total.